The molecule has 1 unspecified atom stereocenters. The van der Waals surface area contributed by atoms with Gasteiger partial charge in [-0.05, 0) is 43.8 Å². The number of hydrogen-bond acceptors (Lipinski definition) is 4. The van der Waals surface area contributed by atoms with Crippen molar-refractivity contribution >= 4 is 11.6 Å². The Kier molecular flexibility index (Phi) is 5.91. The summed E-state index contributed by atoms with van der Waals surface area (Å²) in [6, 6.07) is 16.1. The minimum atomic E-state index is -0.0934. The second kappa shape index (κ2) is 8.35. The van der Waals surface area contributed by atoms with E-state index in [4.69, 9.17) is 9.84 Å². The summed E-state index contributed by atoms with van der Waals surface area (Å²) < 4.78 is 5.26. The highest BCUT2D eigenvalue weighted by Gasteiger charge is 2.33. The fraction of sp³-hybridized carbons (Fsp3) is 0.364. The molecule has 5 heteroatoms. The van der Waals surface area contributed by atoms with Crippen LogP contribution in [0.5, 0.6) is 5.75 Å². The lowest BCUT2D eigenvalue weighted by Crippen LogP contribution is -2.36. The molecule has 0 fully saturated rings. The minimum absolute atomic E-state index is 0.0165. The lowest BCUT2D eigenvalue weighted by molar-refractivity contribution is -0.133. The number of rotatable bonds is 6. The van der Waals surface area contributed by atoms with Gasteiger partial charge in [0.2, 0.25) is 0 Å². The van der Waals surface area contributed by atoms with Gasteiger partial charge in [0.15, 0.2) is 0 Å². The van der Waals surface area contributed by atoms with E-state index in [2.05, 4.69) is 25.1 Å². The summed E-state index contributed by atoms with van der Waals surface area (Å²) in [5.74, 6) is 0.822. The number of ether oxygens (including phenoxy) is 1. The van der Waals surface area contributed by atoms with Gasteiger partial charge in [-0.3, -0.25) is 9.69 Å². The van der Waals surface area contributed by atoms with Crippen LogP contribution in [-0.4, -0.2) is 48.8 Å². The second-order valence-corrected chi connectivity index (χ2v) is 6.98. The second-order valence-electron chi connectivity index (χ2n) is 6.98. The average Bonchev–Trinajstić information content (AvgIpc) is 3.13. The highest BCUT2D eigenvalue weighted by atomic mass is 16.5. The fourth-order valence-electron chi connectivity index (χ4n) is 3.24. The lowest BCUT2D eigenvalue weighted by atomic mass is 9.97. The van der Waals surface area contributed by atoms with Crippen LogP contribution in [0.4, 0.5) is 0 Å². The Labute approximate surface area is 161 Å². The van der Waals surface area contributed by atoms with Crippen LogP contribution in [0, 0.1) is 6.92 Å². The van der Waals surface area contributed by atoms with E-state index in [-0.39, 0.29) is 11.9 Å². The van der Waals surface area contributed by atoms with Crippen molar-refractivity contribution in [3.8, 4) is 5.75 Å². The summed E-state index contributed by atoms with van der Waals surface area (Å²) in [5, 5.41) is 6.39. The van der Waals surface area contributed by atoms with Gasteiger partial charge >= 0.3 is 0 Å². The first-order valence-corrected chi connectivity index (χ1v) is 9.31. The fourth-order valence-corrected chi connectivity index (χ4v) is 3.24. The molecule has 0 spiro atoms. The number of likely N-dealkylation sites (N-methyl/N-ethyl adjacent to an activating group) is 1. The number of aryl methyl sites for hydroxylation is 1. The number of hydrazone groups is 1. The molecule has 142 valence electrons. The third-order valence-electron chi connectivity index (χ3n) is 4.96. The molecule has 0 saturated heterocycles. The predicted molar refractivity (Wildman–Crippen MR) is 108 cm³/mol. The molecule has 3 rings (SSSR count). The summed E-state index contributed by atoms with van der Waals surface area (Å²) in [6.45, 7) is 5.29. The number of benzene rings is 2. The van der Waals surface area contributed by atoms with E-state index in [0.29, 0.717) is 13.0 Å². The van der Waals surface area contributed by atoms with Gasteiger partial charge in [-0.1, -0.05) is 48.9 Å². The quantitative estimate of drug-likeness (QED) is 0.785. The van der Waals surface area contributed by atoms with Crippen molar-refractivity contribution < 1.29 is 9.53 Å². The number of carbonyl (C=O) groups excluding carboxylic acids is 1. The first kappa shape index (κ1) is 19.1. The molecule has 1 atom stereocenters. The molecule has 2 aromatic carbocycles. The maximum absolute atomic E-state index is 12.9. The summed E-state index contributed by atoms with van der Waals surface area (Å²) in [7, 11) is 3.60. The number of nitrogens with zero attached hydrogens (tertiary/aromatic N) is 3. The zero-order chi connectivity index (χ0) is 19.4. The summed E-state index contributed by atoms with van der Waals surface area (Å²) in [4.78, 5) is 14.9. The van der Waals surface area contributed by atoms with Crippen LogP contribution in [0.15, 0.2) is 53.6 Å². The zero-order valence-electron chi connectivity index (χ0n) is 16.5. The Bertz CT molecular complexity index is 830. The van der Waals surface area contributed by atoms with Crippen molar-refractivity contribution in [3.05, 3.63) is 65.2 Å². The van der Waals surface area contributed by atoms with E-state index < -0.39 is 0 Å². The monoisotopic (exact) mass is 365 g/mol. The van der Waals surface area contributed by atoms with E-state index in [1.54, 1.807) is 12.1 Å². The van der Waals surface area contributed by atoms with Crippen LogP contribution in [0.2, 0.25) is 0 Å². The van der Waals surface area contributed by atoms with Gasteiger partial charge in [-0.2, -0.15) is 5.10 Å². The minimum Gasteiger partial charge on any atom is -0.497 e. The molecule has 0 aromatic heterocycles. The van der Waals surface area contributed by atoms with Gasteiger partial charge in [0.25, 0.3) is 5.91 Å². The van der Waals surface area contributed by atoms with Crippen LogP contribution in [0.3, 0.4) is 0 Å². The first-order valence-electron chi connectivity index (χ1n) is 9.31. The SMILES string of the molecule is CCN(C)CC(=O)N1N=C(c2cccc(C)c2)CC1c1ccc(OC)cc1. The van der Waals surface area contributed by atoms with Crippen molar-refractivity contribution in [3.63, 3.8) is 0 Å². The molecule has 5 nitrogen and oxygen atoms in total. The van der Waals surface area contributed by atoms with E-state index in [1.165, 1.54) is 5.56 Å². The van der Waals surface area contributed by atoms with Gasteiger partial charge in [0.05, 0.1) is 25.4 Å². The first-order chi connectivity index (χ1) is 13.0. The van der Waals surface area contributed by atoms with Crippen molar-refractivity contribution in [1.29, 1.82) is 0 Å². The Morgan fingerprint density at radius 1 is 1.26 bits per heavy atom. The van der Waals surface area contributed by atoms with Crippen LogP contribution >= 0.6 is 0 Å². The van der Waals surface area contributed by atoms with Gasteiger partial charge in [0, 0.05) is 6.42 Å². The van der Waals surface area contributed by atoms with E-state index in [0.717, 1.165) is 29.1 Å². The Balaban J connectivity index is 1.91. The van der Waals surface area contributed by atoms with E-state index in [9.17, 15) is 4.79 Å². The molecule has 27 heavy (non-hydrogen) atoms. The summed E-state index contributed by atoms with van der Waals surface area (Å²) in [6.07, 6.45) is 0.706. The van der Waals surface area contributed by atoms with Gasteiger partial charge < -0.3 is 4.74 Å². The molecule has 0 N–H and O–H groups in total. The standard InChI is InChI=1S/C22H27N3O2/c1-5-24(3)15-22(26)25-21(17-9-11-19(27-4)12-10-17)14-20(23-25)18-8-6-7-16(2)13-18/h6-13,21H,5,14-15H2,1-4H3. The smallest absolute Gasteiger partial charge is 0.257 e. The number of hydrogen-bond donors (Lipinski definition) is 0. The van der Waals surface area contributed by atoms with Crippen molar-refractivity contribution in [1.82, 2.24) is 9.91 Å². The third-order valence-corrected chi connectivity index (χ3v) is 4.96. The van der Waals surface area contributed by atoms with E-state index in [1.807, 2.05) is 49.2 Å². The molecular formula is C22H27N3O2. The highest BCUT2D eigenvalue weighted by Crippen LogP contribution is 2.33. The van der Waals surface area contributed by atoms with Crippen LogP contribution in [0.1, 0.15) is 36.1 Å². The molecule has 1 aliphatic heterocycles. The average molecular weight is 365 g/mol. The highest BCUT2D eigenvalue weighted by molar-refractivity contribution is 6.03. The molecule has 1 heterocycles. The number of methoxy groups -OCH3 is 1. The largest absolute Gasteiger partial charge is 0.497 e. The van der Waals surface area contributed by atoms with Gasteiger partial charge in [-0.25, -0.2) is 5.01 Å². The molecule has 2 aromatic rings. The Morgan fingerprint density at radius 3 is 2.63 bits per heavy atom. The van der Waals surface area contributed by atoms with Crippen molar-refractivity contribution in [2.24, 2.45) is 5.10 Å². The third kappa shape index (κ3) is 4.37. The topological polar surface area (TPSA) is 45.1 Å². The maximum atomic E-state index is 12.9. The van der Waals surface area contributed by atoms with Crippen LogP contribution < -0.4 is 4.74 Å². The molecule has 1 aliphatic rings. The van der Waals surface area contributed by atoms with Crippen molar-refractivity contribution in [2.75, 3.05) is 27.2 Å². The predicted octanol–water partition coefficient (Wildman–Crippen LogP) is 3.63. The molecule has 1 amide bonds. The van der Waals surface area contributed by atoms with Gasteiger partial charge in [0.1, 0.15) is 5.75 Å². The van der Waals surface area contributed by atoms with Gasteiger partial charge in [-0.15, -0.1) is 0 Å². The number of amides is 1. The van der Waals surface area contributed by atoms with Crippen LogP contribution in [-0.2, 0) is 4.79 Å². The number of carbonyl (C=O) groups is 1. The van der Waals surface area contributed by atoms with Crippen LogP contribution in [0.25, 0.3) is 0 Å². The molecule has 0 aliphatic carbocycles. The lowest BCUT2D eigenvalue weighted by Gasteiger charge is -2.24. The molecule has 0 bridgehead atoms. The van der Waals surface area contributed by atoms with Crippen molar-refractivity contribution in [2.45, 2.75) is 26.3 Å². The Morgan fingerprint density at radius 2 is 2.00 bits per heavy atom. The molecule has 0 saturated carbocycles. The summed E-state index contributed by atoms with van der Waals surface area (Å²) >= 11 is 0. The maximum Gasteiger partial charge on any atom is 0.257 e. The Hall–Kier alpha value is -2.66. The normalized spacial score (nSPS) is 16.6. The zero-order valence-corrected chi connectivity index (χ0v) is 16.5. The summed E-state index contributed by atoms with van der Waals surface area (Å²) in [5.41, 5.74) is 4.28. The molecule has 0 radical (unpaired) electrons. The molecular weight excluding hydrogens is 338 g/mol. The van der Waals surface area contributed by atoms with E-state index >= 15 is 0 Å².